The maximum Gasteiger partial charge on any atom is 0.0746 e. The van der Waals surface area contributed by atoms with Gasteiger partial charge in [-0.05, 0) is 43.2 Å². The van der Waals surface area contributed by atoms with Gasteiger partial charge >= 0.3 is 0 Å². The number of fused-ring (bicyclic) bond motifs is 1. The Morgan fingerprint density at radius 3 is 2.45 bits per heavy atom. The van der Waals surface area contributed by atoms with E-state index in [1.54, 1.807) is 6.20 Å². The molecule has 20 heavy (non-hydrogen) atoms. The van der Waals surface area contributed by atoms with Gasteiger partial charge in [0.05, 0.1) is 23.1 Å². The highest BCUT2D eigenvalue weighted by atomic mass is 14.9. The molecule has 0 saturated heterocycles. The number of para-hydroxylation sites is 1. The summed E-state index contributed by atoms with van der Waals surface area (Å²) < 4.78 is 0. The molecule has 3 rings (SSSR count). The van der Waals surface area contributed by atoms with Crippen LogP contribution in [0, 0.1) is 13.8 Å². The van der Waals surface area contributed by atoms with Gasteiger partial charge in [-0.3, -0.25) is 4.98 Å². The number of rotatable bonds is 2. The van der Waals surface area contributed by atoms with Gasteiger partial charge in [-0.1, -0.05) is 24.3 Å². The zero-order chi connectivity index (χ0) is 14.1. The first-order chi connectivity index (χ1) is 9.63. The molecule has 0 amide bonds. The van der Waals surface area contributed by atoms with Crippen LogP contribution in [0.25, 0.3) is 10.9 Å². The maximum atomic E-state index is 6.09. The van der Waals surface area contributed by atoms with Crippen molar-refractivity contribution in [2.24, 2.45) is 0 Å². The number of nitrogens with one attached hydrogen (secondary N) is 1. The molecule has 0 radical (unpaired) electrons. The van der Waals surface area contributed by atoms with E-state index in [1.807, 2.05) is 24.3 Å². The molecule has 0 spiro atoms. The first-order valence-corrected chi connectivity index (χ1v) is 6.62. The summed E-state index contributed by atoms with van der Waals surface area (Å²) in [6.07, 6.45) is 1.70. The Bertz CT molecular complexity index is 758. The van der Waals surface area contributed by atoms with Crippen molar-refractivity contribution in [3.05, 3.63) is 59.8 Å². The number of nitrogens with zero attached hydrogens (tertiary/aromatic N) is 1. The molecule has 0 bridgehead atoms. The summed E-state index contributed by atoms with van der Waals surface area (Å²) in [5.41, 5.74) is 12.1. The SMILES string of the molecule is Cc1cc(C)cc(Nc2c(N)cnc3ccccc23)c1. The maximum absolute atomic E-state index is 6.09. The molecule has 3 heteroatoms. The molecule has 3 nitrogen and oxygen atoms in total. The number of hydrogen-bond donors (Lipinski definition) is 2. The molecule has 1 heterocycles. The third-order valence-electron chi connectivity index (χ3n) is 3.30. The number of aromatic nitrogens is 1. The van der Waals surface area contributed by atoms with Crippen LogP contribution >= 0.6 is 0 Å². The number of nitrogen functional groups attached to an aromatic ring is 1. The number of pyridine rings is 1. The standard InChI is InChI=1S/C17H17N3/c1-11-7-12(2)9-13(8-11)20-17-14-5-3-4-6-16(14)19-10-15(17)18/h3-10H,18H2,1-2H3,(H,19,20). The fourth-order valence-corrected chi connectivity index (χ4v) is 2.49. The van der Waals surface area contributed by atoms with Crippen molar-refractivity contribution in [2.45, 2.75) is 13.8 Å². The van der Waals surface area contributed by atoms with E-state index in [4.69, 9.17) is 5.73 Å². The molecule has 3 N–H and O–H groups in total. The summed E-state index contributed by atoms with van der Waals surface area (Å²) in [6.45, 7) is 4.18. The van der Waals surface area contributed by atoms with Crippen molar-refractivity contribution in [1.82, 2.24) is 4.98 Å². The Kier molecular flexibility index (Phi) is 3.03. The van der Waals surface area contributed by atoms with E-state index in [0.717, 1.165) is 22.3 Å². The number of benzene rings is 2. The third kappa shape index (κ3) is 2.30. The number of anilines is 3. The molecule has 0 aliphatic carbocycles. The van der Waals surface area contributed by atoms with E-state index in [-0.39, 0.29) is 0 Å². The fourth-order valence-electron chi connectivity index (χ4n) is 2.49. The summed E-state index contributed by atoms with van der Waals surface area (Å²) >= 11 is 0. The van der Waals surface area contributed by atoms with Gasteiger partial charge in [0.25, 0.3) is 0 Å². The average Bonchev–Trinajstić information content (AvgIpc) is 2.41. The van der Waals surface area contributed by atoms with E-state index in [2.05, 4.69) is 42.3 Å². The summed E-state index contributed by atoms with van der Waals surface area (Å²) in [5.74, 6) is 0. The van der Waals surface area contributed by atoms with Gasteiger partial charge in [0.15, 0.2) is 0 Å². The second kappa shape index (κ2) is 4.85. The highest BCUT2D eigenvalue weighted by Gasteiger charge is 2.07. The molecule has 1 aromatic heterocycles. The number of aryl methyl sites for hydroxylation is 2. The largest absolute Gasteiger partial charge is 0.396 e. The van der Waals surface area contributed by atoms with Gasteiger partial charge in [0.2, 0.25) is 0 Å². The van der Waals surface area contributed by atoms with Crippen LogP contribution in [0.1, 0.15) is 11.1 Å². The van der Waals surface area contributed by atoms with Crippen molar-refractivity contribution in [2.75, 3.05) is 11.1 Å². The Morgan fingerprint density at radius 2 is 1.70 bits per heavy atom. The van der Waals surface area contributed by atoms with Crippen molar-refractivity contribution in [3.63, 3.8) is 0 Å². The highest BCUT2D eigenvalue weighted by Crippen LogP contribution is 2.31. The van der Waals surface area contributed by atoms with Crippen LogP contribution in [-0.4, -0.2) is 4.98 Å². The van der Waals surface area contributed by atoms with Crippen LogP contribution in [0.3, 0.4) is 0 Å². The second-order valence-corrected chi connectivity index (χ2v) is 5.11. The van der Waals surface area contributed by atoms with Crippen LogP contribution in [0.2, 0.25) is 0 Å². The molecular formula is C17H17N3. The van der Waals surface area contributed by atoms with Crippen molar-refractivity contribution >= 4 is 28.0 Å². The quantitative estimate of drug-likeness (QED) is 0.729. The summed E-state index contributed by atoms with van der Waals surface area (Å²) in [7, 11) is 0. The first-order valence-electron chi connectivity index (χ1n) is 6.62. The van der Waals surface area contributed by atoms with Gasteiger partial charge in [0, 0.05) is 11.1 Å². The molecule has 0 aliphatic rings. The zero-order valence-electron chi connectivity index (χ0n) is 11.6. The fraction of sp³-hybridized carbons (Fsp3) is 0.118. The second-order valence-electron chi connectivity index (χ2n) is 5.11. The molecule has 0 fully saturated rings. The molecule has 0 saturated carbocycles. The van der Waals surface area contributed by atoms with Crippen LogP contribution in [0.5, 0.6) is 0 Å². The summed E-state index contributed by atoms with van der Waals surface area (Å²) in [5, 5.41) is 4.47. The Labute approximate surface area is 118 Å². The van der Waals surface area contributed by atoms with Crippen molar-refractivity contribution in [1.29, 1.82) is 0 Å². The van der Waals surface area contributed by atoms with Crippen molar-refractivity contribution in [3.8, 4) is 0 Å². The van der Waals surface area contributed by atoms with Crippen LogP contribution < -0.4 is 11.1 Å². The lowest BCUT2D eigenvalue weighted by Crippen LogP contribution is -1.99. The van der Waals surface area contributed by atoms with Gasteiger partial charge in [0.1, 0.15) is 0 Å². The minimum absolute atomic E-state index is 0.655. The topological polar surface area (TPSA) is 50.9 Å². The summed E-state index contributed by atoms with van der Waals surface area (Å²) in [4.78, 5) is 4.35. The molecular weight excluding hydrogens is 246 g/mol. The Morgan fingerprint density at radius 1 is 1.00 bits per heavy atom. The Hall–Kier alpha value is -2.55. The van der Waals surface area contributed by atoms with Gasteiger partial charge in [-0.2, -0.15) is 0 Å². The molecule has 0 atom stereocenters. The van der Waals surface area contributed by atoms with Crippen LogP contribution in [0.4, 0.5) is 17.1 Å². The zero-order valence-corrected chi connectivity index (χ0v) is 11.6. The molecule has 2 aromatic carbocycles. The minimum Gasteiger partial charge on any atom is -0.396 e. The predicted molar refractivity (Wildman–Crippen MR) is 85.4 cm³/mol. The monoisotopic (exact) mass is 263 g/mol. The lowest BCUT2D eigenvalue weighted by atomic mass is 10.1. The van der Waals surface area contributed by atoms with E-state index in [1.165, 1.54) is 11.1 Å². The first kappa shape index (κ1) is 12.5. The normalized spacial score (nSPS) is 10.7. The highest BCUT2D eigenvalue weighted by molar-refractivity contribution is 5.98. The molecule has 3 aromatic rings. The van der Waals surface area contributed by atoms with E-state index >= 15 is 0 Å². The summed E-state index contributed by atoms with van der Waals surface area (Å²) in [6, 6.07) is 14.4. The van der Waals surface area contributed by atoms with E-state index in [9.17, 15) is 0 Å². The average molecular weight is 263 g/mol. The van der Waals surface area contributed by atoms with E-state index < -0.39 is 0 Å². The van der Waals surface area contributed by atoms with Gasteiger partial charge in [-0.15, -0.1) is 0 Å². The number of hydrogen-bond acceptors (Lipinski definition) is 3. The van der Waals surface area contributed by atoms with Crippen molar-refractivity contribution < 1.29 is 0 Å². The smallest absolute Gasteiger partial charge is 0.0746 e. The van der Waals surface area contributed by atoms with E-state index in [0.29, 0.717) is 5.69 Å². The minimum atomic E-state index is 0.655. The van der Waals surface area contributed by atoms with Gasteiger partial charge in [-0.25, -0.2) is 0 Å². The van der Waals surface area contributed by atoms with Crippen LogP contribution in [-0.2, 0) is 0 Å². The lowest BCUT2D eigenvalue weighted by molar-refractivity contribution is 1.37. The number of nitrogens with two attached hydrogens (primary N) is 1. The third-order valence-corrected chi connectivity index (χ3v) is 3.30. The molecule has 0 aliphatic heterocycles. The Balaban J connectivity index is 2.12. The molecule has 0 unspecified atom stereocenters. The molecule has 100 valence electrons. The van der Waals surface area contributed by atoms with Gasteiger partial charge < -0.3 is 11.1 Å². The predicted octanol–water partition coefficient (Wildman–Crippen LogP) is 4.18. The lowest BCUT2D eigenvalue weighted by Gasteiger charge is -2.13. The van der Waals surface area contributed by atoms with Crippen LogP contribution in [0.15, 0.2) is 48.7 Å².